The molecule has 2 heterocycles. The third-order valence-electron chi connectivity index (χ3n) is 7.16. The van der Waals surface area contributed by atoms with Gasteiger partial charge in [0.05, 0.1) is 26.4 Å². The molecule has 6 nitrogen and oxygen atoms in total. The second-order valence-corrected chi connectivity index (χ2v) is 10.0. The maximum absolute atomic E-state index is 6.57. The van der Waals surface area contributed by atoms with Crippen LogP contribution in [-0.4, -0.2) is 37.3 Å². The summed E-state index contributed by atoms with van der Waals surface area (Å²) in [6, 6.07) is 40.2. The van der Waals surface area contributed by atoms with E-state index in [0.29, 0.717) is 26.4 Å². The van der Waals surface area contributed by atoms with Crippen molar-refractivity contribution in [1.29, 1.82) is 0 Å². The van der Waals surface area contributed by atoms with Crippen LogP contribution in [0.15, 0.2) is 121 Å². The van der Waals surface area contributed by atoms with Crippen molar-refractivity contribution in [3.8, 4) is 0 Å². The molecule has 4 aromatic carbocycles. The molecule has 6 atom stereocenters. The zero-order valence-corrected chi connectivity index (χ0v) is 22.3. The number of rotatable bonds is 11. The fourth-order valence-electron chi connectivity index (χ4n) is 5.11. The molecule has 0 aromatic heterocycles. The summed E-state index contributed by atoms with van der Waals surface area (Å²) in [5.41, 5.74) is 4.16. The molecule has 0 unspecified atom stereocenters. The maximum Gasteiger partial charge on any atom is 0.187 e. The quantitative estimate of drug-likeness (QED) is 0.226. The van der Waals surface area contributed by atoms with Gasteiger partial charge in [0.15, 0.2) is 12.6 Å². The lowest BCUT2D eigenvalue weighted by Gasteiger charge is -2.41. The van der Waals surface area contributed by atoms with Gasteiger partial charge in [-0.2, -0.15) is 0 Å². The van der Waals surface area contributed by atoms with E-state index in [0.717, 1.165) is 22.3 Å². The van der Waals surface area contributed by atoms with E-state index in [1.807, 2.05) is 121 Å². The van der Waals surface area contributed by atoms with E-state index in [2.05, 4.69) is 0 Å². The monoisotopic (exact) mass is 538 g/mol. The third kappa shape index (κ3) is 6.67. The van der Waals surface area contributed by atoms with Gasteiger partial charge >= 0.3 is 0 Å². The Labute approximate surface area is 235 Å². The molecular weight excluding hydrogens is 504 g/mol. The number of ether oxygens (including phenoxy) is 6. The van der Waals surface area contributed by atoms with Gasteiger partial charge in [-0.1, -0.05) is 121 Å². The molecule has 40 heavy (non-hydrogen) atoms. The Balaban J connectivity index is 1.23. The minimum Gasteiger partial charge on any atom is -0.374 e. The van der Waals surface area contributed by atoms with Gasteiger partial charge < -0.3 is 28.4 Å². The second kappa shape index (κ2) is 13.3. The topological polar surface area (TPSA) is 55.4 Å². The Kier molecular flexibility index (Phi) is 8.95. The van der Waals surface area contributed by atoms with Crippen LogP contribution < -0.4 is 0 Å². The van der Waals surface area contributed by atoms with Gasteiger partial charge in [0.1, 0.15) is 24.4 Å². The van der Waals surface area contributed by atoms with Crippen LogP contribution in [-0.2, 0) is 48.2 Å². The minimum atomic E-state index is -0.673. The van der Waals surface area contributed by atoms with Crippen LogP contribution in [0.1, 0.15) is 28.5 Å². The summed E-state index contributed by atoms with van der Waals surface area (Å²) in [6.45, 7) is 1.59. The molecule has 0 amide bonds. The van der Waals surface area contributed by atoms with E-state index < -0.39 is 37.0 Å². The SMILES string of the molecule is c1ccc(COC[C@H]2O[C@@H](OCc3ccccc3)[C@H](OCc3ccccc3)[C@H]3O[C@H](c4ccccc4)O[C@H]32)cc1. The second-order valence-electron chi connectivity index (χ2n) is 10.0. The molecule has 2 aliphatic heterocycles. The van der Waals surface area contributed by atoms with Gasteiger partial charge in [-0.15, -0.1) is 0 Å². The summed E-state index contributed by atoms with van der Waals surface area (Å²) >= 11 is 0. The van der Waals surface area contributed by atoms with Crippen LogP contribution >= 0.6 is 0 Å². The first-order chi connectivity index (χ1) is 19.8. The fraction of sp³-hybridized carbons (Fsp3) is 0.294. The Hall–Kier alpha value is -3.36. The zero-order valence-electron chi connectivity index (χ0n) is 22.3. The van der Waals surface area contributed by atoms with E-state index in [9.17, 15) is 0 Å². The molecule has 206 valence electrons. The van der Waals surface area contributed by atoms with Crippen molar-refractivity contribution in [2.45, 2.75) is 56.8 Å². The predicted molar refractivity (Wildman–Crippen MR) is 150 cm³/mol. The molecule has 2 saturated heterocycles. The minimum absolute atomic E-state index is 0.331. The van der Waals surface area contributed by atoms with Gasteiger partial charge in [-0.3, -0.25) is 0 Å². The zero-order chi connectivity index (χ0) is 27.0. The lowest BCUT2D eigenvalue weighted by atomic mass is 9.99. The lowest BCUT2D eigenvalue weighted by molar-refractivity contribution is -0.299. The molecule has 0 aliphatic carbocycles. The first-order valence-corrected chi connectivity index (χ1v) is 13.8. The standard InChI is InChI=1S/C34H34O6/c1-5-13-25(14-6-1)21-35-24-29-30-31(40-33(39-30)28-19-11-4-12-20-28)32(36-22-26-15-7-2-8-16-26)34(38-29)37-23-27-17-9-3-10-18-27/h1-20,29-34H,21-24H2/t29-,30+,31+,32-,33-,34-/m1/s1. The fourth-order valence-corrected chi connectivity index (χ4v) is 5.11. The highest BCUT2D eigenvalue weighted by atomic mass is 16.8. The molecule has 2 aliphatic rings. The van der Waals surface area contributed by atoms with Crippen LogP contribution in [0.4, 0.5) is 0 Å². The van der Waals surface area contributed by atoms with Crippen LogP contribution in [0.25, 0.3) is 0 Å². The number of benzene rings is 4. The van der Waals surface area contributed by atoms with E-state index in [-0.39, 0.29) is 0 Å². The summed E-state index contributed by atoms with van der Waals surface area (Å²) in [6.07, 6.45) is -2.92. The summed E-state index contributed by atoms with van der Waals surface area (Å²) in [7, 11) is 0. The van der Waals surface area contributed by atoms with E-state index in [1.165, 1.54) is 0 Å². The van der Waals surface area contributed by atoms with Crippen molar-refractivity contribution in [3.63, 3.8) is 0 Å². The molecule has 0 bridgehead atoms. The van der Waals surface area contributed by atoms with Crippen LogP contribution in [0, 0.1) is 0 Å². The Morgan fingerprint density at radius 2 is 1.00 bits per heavy atom. The molecule has 0 radical (unpaired) electrons. The summed E-state index contributed by atoms with van der Waals surface area (Å²) in [5, 5.41) is 0. The maximum atomic E-state index is 6.57. The highest BCUT2D eigenvalue weighted by molar-refractivity contribution is 5.18. The van der Waals surface area contributed by atoms with Crippen molar-refractivity contribution < 1.29 is 28.4 Å². The van der Waals surface area contributed by atoms with Crippen LogP contribution in [0.5, 0.6) is 0 Å². The van der Waals surface area contributed by atoms with Crippen molar-refractivity contribution in [1.82, 2.24) is 0 Å². The molecule has 0 saturated carbocycles. The smallest absolute Gasteiger partial charge is 0.187 e. The first kappa shape index (κ1) is 26.8. The number of hydrogen-bond acceptors (Lipinski definition) is 6. The highest BCUT2D eigenvalue weighted by Crippen LogP contribution is 2.41. The molecule has 6 heteroatoms. The molecule has 6 rings (SSSR count). The van der Waals surface area contributed by atoms with E-state index in [4.69, 9.17) is 28.4 Å². The largest absolute Gasteiger partial charge is 0.374 e. The van der Waals surface area contributed by atoms with Gasteiger partial charge in [-0.25, -0.2) is 0 Å². The molecular formula is C34H34O6. The number of fused-ring (bicyclic) bond motifs is 1. The number of hydrogen-bond donors (Lipinski definition) is 0. The van der Waals surface area contributed by atoms with Crippen molar-refractivity contribution in [2.24, 2.45) is 0 Å². The van der Waals surface area contributed by atoms with Crippen LogP contribution in [0.3, 0.4) is 0 Å². The van der Waals surface area contributed by atoms with Gasteiger partial charge in [0.25, 0.3) is 0 Å². The summed E-state index contributed by atoms with van der Waals surface area (Å²) in [4.78, 5) is 0. The van der Waals surface area contributed by atoms with Gasteiger partial charge in [0, 0.05) is 5.56 Å². The average molecular weight is 539 g/mol. The van der Waals surface area contributed by atoms with Crippen molar-refractivity contribution in [2.75, 3.05) is 6.61 Å². The van der Waals surface area contributed by atoms with Crippen molar-refractivity contribution >= 4 is 0 Å². The van der Waals surface area contributed by atoms with Crippen molar-refractivity contribution in [3.05, 3.63) is 144 Å². The summed E-state index contributed by atoms with van der Waals surface area (Å²) in [5.74, 6) is 0. The normalized spacial score (nSPS) is 25.9. The Morgan fingerprint density at radius 3 is 1.60 bits per heavy atom. The Morgan fingerprint density at radius 1 is 0.500 bits per heavy atom. The Bertz CT molecular complexity index is 1290. The predicted octanol–water partition coefficient (Wildman–Crippen LogP) is 6.21. The first-order valence-electron chi connectivity index (χ1n) is 13.8. The van der Waals surface area contributed by atoms with Gasteiger partial charge in [0.2, 0.25) is 0 Å². The molecule has 4 aromatic rings. The van der Waals surface area contributed by atoms with Crippen LogP contribution in [0.2, 0.25) is 0 Å². The third-order valence-corrected chi connectivity index (χ3v) is 7.16. The average Bonchev–Trinajstić information content (AvgIpc) is 3.47. The van der Waals surface area contributed by atoms with Gasteiger partial charge in [-0.05, 0) is 16.7 Å². The molecule has 2 fully saturated rings. The lowest BCUT2D eigenvalue weighted by Crippen LogP contribution is -2.59. The summed E-state index contributed by atoms with van der Waals surface area (Å²) < 4.78 is 38.6. The van der Waals surface area contributed by atoms with E-state index in [1.54, 1.807) is 0 Å². The molecule has 0 spiro atoms. The highest BCUT2D eigenvalue weighted by Gasteiger charge is 2.54. The van der Waals surface area contributed by atoms with E-state index >= 15 is 0 Å². The molecule has 0 N–H and O–H groups in total.